The molecule has 0 aliphatic carbocycles. The molecular formula is C15H19BrO4. The fourth-order valence-electron chi connectivity index (χ4n) is 1.95. The van der Waals surface area contributed by atoms with Gasteiger partial charge in [-0.3, -0.25) is 9.59 Å². The Morgan fingerprint density at radius 1 is 1.10 bits per heavy atom. The molecule has 0 saturated heterocycles. The van der Waals surface area contributed by atoms with Crippen molar-refractivity contribution < 1.29 is 19.1 Å². The molecule has 0 heterocycles. The SMILES string of the molecule is CCOC(=O)C(C(=O)OCC)c1ccccc1CCBr. The van der Waals surface area contributed by atoms with Crippen LogP contribution in [0, 0.1) is 0 Å². The monoisotopic (exact) mass is 342 g/mol. The Balaban J connectivity index is 3.15. The van der Waals surface area contributed by atoms with Crippen LogP contribution in [-0.2, 0) is 25.5 Å². The first-order valence-electron chi connectivity index (χ1n) is 6.62. The van der Waals surface area contributed by atoms with Crippen molar-refractivity contribution >= 4 is 27.9 Å². The van der Waals surface area contributed by atoms with Gasteiger partial charge < -0.3 is 9.47 Å². The number of carbonyl (C=O) groups is 2. The van der Waals surface area contributed by atoms with Crippen molar-refractivity contribution in [2.24, 2.45) is 0 Å². The van der Waals surface area contributed by atoms with Gasteiger partial charge in [0.25, 0.3) is 0 Å². The summed E-state index contributed by atoms with van der Waals surface area (Å²) in [7, 11) is 0. The molecule has 1 aromatic carbocycles. The summed E-state index contributed by atoms with van der Waals surface area (Å²) in [5.41, 5.74) is 1.60. The minimum absolute atomic E-state index is 0.231. The average molecular weight is 343 g/mol. The lowest BCUT2D eigenvalue weighted by Gasteiger charge is -2.17. The van der Waals surface area contributed by atoms with E-state index in [-0.39, 0.29) is 13.2 Å². The van der Waals surface area contributed by atoms with Crippen molar-refractivity contribution in [1.29, 1.82) is 0 Å². The third-order valence-corrected chi connectivity index (χ3v) is 3.17. The van der Waals surface area contributed by atoms with Gasteiger partial charge in [0.15, 0.2) is 5.92 Å². The van der Waals surface area contributed by atoms with Gasteiger partial charge in [0.1, 0.15) is 0 Å². The van der Waals surface area contributed by atoms with Crippen LogP contribution in [0.1, 0.15) is 30.9 Å². The van der Waals surface area contributed by atoms with Crippen LogP contribution < -0.4 is 0 Å². The fourth-order valence-corrected chi connectivity index (χ4v) is 2.37. The molecule has 0 saturated carbocycles. The number of benzene rings is 1. The van der Waals surface area contributed by atoms with E-state index in [1.165, 1.54) is 0 Å². The van der Waals surface area contributed by atoms with Gasteiger partial charge in [-0.25, -0.2) is 0 Å². The number of halogens is 1. The van der Waals surface area contributed by atoms with Crippen LogP contribution in [0.25, 0.3) is 0 Å². The van der Waals surface area contributed by atoms with Crippen molar-refractivity contribution in [3.63, 3.8) is 0 Å². The lowest BCUT2D eigenvalue weighted by Crippen LogP contribution is -2.27. The smallest absolute Gasteiger partial charge is 0.324 e. The van der Waals surface area contributed by atoms with Crippen molar-refractivity contribution in [2.45, 2.75) is 26.2 Å². The van der Waals surface area contributed by atoms with Crippen molar-refractivity contribution in [2.75, 3.05) is 18.5 Å². The van der Waals surface area contributed by atoms with E-state index in [9.17, 15) is 9.59 Å². The number of hydrogen-bond acceptors (Lipinski definition) is 4. The summed E-state index contributed by atoms with van der Waals surface area (Å²) in [5.74, 6) is -2.13. The highest BCUT2D eigenvalue weighted by Gasteiger charge is 2.32. The minimum Gasteiger partial charge on any atom is -0.465 e. The van der Waals surface area contributed by atoms with Gasteiger partial charge in [0.2, 0.25) is 0 Å². The topological polar surface area (TPSA) is 52.6 Å². The molecule has 0 aliphatic rings. The number of esters is 2. The van der Waals surface area contributed by atoms with Crippen LogP contribution in [0.4, 0.5) is 0 Å². The zero-order chi connectivity index (χ0) is 15.0. The fraction of sp³-hybridized carbons (Fsp3) is 0.467. The second-order valence-electron chi connectivity index (χ2n) is 4.07. The first kappa shape index (κ1) is 16.7. The second kappa shape index (κ2) is 8.74. The van der Waals surface area contributed by atoms with Crippen LogP contribution in [0.2, 0.25) is 0 Å². The maximum Gasteiger partial charge on any atom is 0.324 e. The maximum absolute atomic E-state index is 12.1. The summed E-state index contributed by atoms with van der Waals surface area (Å²) >= 11 is 3.37. The molecular weight excluding hydrogens is 324 g/mol. The summed E-state index contributed by atoms with van der Waals surface area (Å²) < 4.78 is 10.0. The molecule has 0 amide bonds. The van der Waals surface area contributed by atoms with E-state index in [0.717, 1.165) is 17.3 Å². The van der Waals surface area contributed by atoms with E-state index in [1.807, 2.05) is 12.1 Å². The van der Waals surface area contributed by atoms with Gasteiger partial charge in [-0.15, -0.1) is 0 Å². The highest BCUT2D eigenvalue weighted by Crippen LogP contribution is 2.24. The van der Waals surface area contributed by atoms with Crippen molar-refractivity contribution in [1.82, 2.24) is 0 Å². The normalized spacial score (nSPS) is 10.4. The highest BCUT2D eigenvalue weighted by atomic mass is 79.9. The Kier molecular flexibility index (Phi) is 7.30. The number of hydrogen-bond donors (Lipinski definition) is 0. The number of alkyl halides is 1. The molecule has 5 heteroatoms. The number of aryl methyl sites for hydroxylation is 1. The molecule has 0 aromatic heterocycles. The van der Waals surface area contributed by atoms with Crippen LogP contribution in [0.5, 0.6) is 0 Å². The third-order valence-electron chi connectivity index (χ3n) is 2.77. The zero-order valence-electron chi connectivity index (χ0n) is 11.7. The molecule has 0 unspecified atom stereocenters. The van der Waals surface area contributed by atoms with Crippen molar-refractivity contribution in [3.8, 4) is 0 Å². The number of carbonyl (C=O) groups excluding carboxylic acids is 2. The zero-order valence-corrected chi connectivity index (χ0v) is 13.3. The molecule has 0 spiro atoms. The minimum atomic E-state index is -1.01. The lowest BCUT2D eigenvalue weighted by atomic mass is 9.93. The summed E-state index contributed by atoms with van der Waals surface area (Å²) in [6.07, 6.45) is 0.728. The average Bonchev–Trinajstić information content (AvgIpc) is 2.42. The van der Waals surface area contributed by atoms with E-state index in [1.54, 1.807) is 26.0 Å². The summed E-state index contributed by atoms with van der Waals surface area (Å²) in [6.45, 7) is 3.89. The molecule has 1 rings (SSSR count). The van der Waals surface area contributed by atoms with Crippen LogP contribution in [0.15, 0.2) is 24.3 Å². The summed E-state index contributed by atoms with van der Waals surface area (Å²) in [4.78, 5) is 24.2. The number of rotatable bonds is 7. The predicted molar refractivity (Wildman–Crippen MR) is 79.9 cm³/mol. The van der Waals surface area contributed by atoms with Gasteiger partial charge >= 0.3 is 11.9 Å². The van der Waals surface area contributed by atoms with E-state index in [0.29, 0.717) is 5.56 Å². The number of ether oxygens (including phenoxy) is 2. The van der Waals surface area contributed by atoms with E-state index in [4.69, 9.17) is 9.47 Å². The van der Waals surface area contributed by atoms with E-state index < -0.39 is 17.9 Å². The highest BCUT2D eigenvalue weighted by molar-refractivity contribution is 9.09. The standard InChI is InChI=1S/C15H19BrO4/c1-3-19-14(17)13(15(18)20-4-2)12-8-6-5-7-11(12)9-10-16/h5-8,13H,3-4,9-10H2,1-2H3. The Bertz CT molecular complexity index is 441. The quantitative estimate of drug-likeness (QED) is 0.434. The molecule has 0 atom stereocenters. The summed E-state index contributed by atoms with van der Waals surface area (Å²) in [6, 6.07) is 7.37. The molecule has 0 N–H and O–H groups in total. The van der Waals surface area contributed by atoms with Crippen LogP contribution in [0.3, 0.4) is 0 Å². The van der Waals surface area contributed by atoms with Gasteiger partial charge in [-0.2, -0.15) is 0 Å². The molecule has 0 bridgehead atoms. The molecule has 0 radical (unpaired) electrons. The third kappa shape index (κ3) is 4.34. The van der Waals surface area contributed by atoms with E-state index in [2.05, 4.69) is 15.9 Å². The van der Waals surface area contributed by atoms with Crippen LogP contribution >= 0.6 is 15.9 Å². The van der Waals surface area contributed by atoms with E-state index >= 15 is 0 Å². The molecule has 20 heavy (non-hydrogen) atoms. The van der Waals surface area contributed by atoms with Gasteiger partial charge in [-0.05, 0) is 31.4 Å². The Morgan fingerprint density at radius 2 is 1.65 bits per heavy atom. The van der Waals surface area contributed by atoms with Crippen molar-refractivity contribution in [3.05, 3.63) is 35.4 Å². The molecule has 1 aromatic rings. The van der Waals surface area contributed by atoms with Crippen LogP contribution in [-0.4, -0.2) is 30.5 Å². The van der Waals surface area contributed by atoms with Gasteiger partial charge in [-0.1, -0.05) is 40.2 Å². The largest absolute Gasteiger partial charge is 0.465 e. The molecule has 0 aliphatic heterocycles. The lowest BCUT2D eigenvalue weighted by molar-refractivity contribution is -0.156. The first-order valence-corrected chi connectivity index (χ1v) is 7.74. The first-order chi connectivity index (χ1) is 9.65. The predicted octanol–water partition coefficient (Wildman–Crippen LogP) is 2.83. The second-order valence-corrected chi connectivity index (χ2v) is 4.87. The molecule has 4 nitrogen and oxygen atoms in total. The Morgan fingerprint density at radius 3 is 2.15 bits per heavy atom. The van der Waals surface area contributed by atoms with Gasteiger partial charge in [0, 0.05) is 5.33 Å². The van der Waals surface area contributed by atoms with Gasteiger partial charge in [0.05, 0.1) is 13.2 Å². The maximum atomic E-state index is 12.1. The molecule has 110 valence electrons. The Hall–Kier alpha value is -1.36. The molecule has 0 fully saturated rings. The summed E-state index contributed by atoms with van der Waals surface area (Å²) in [5, 5.41) is 0.752. The Labute approximate surface area is 127 Å².